The lowest BCUT2D eigenvalue weighted by atomic mass is 10.3. The van der Waals surface area contributed by atoms with Crippen molar-refractivity contribution in [2.45, 2.75) is 13.0 Å². The summed E-state index contributed by atoms with van der Waals surface area (Å²) in [6.07, 6.45) is 0. The van der Waals surface area contributed by atoms with Gasteiger partial charge in [0.05, 0.1) is 5.69 Å². The lowest BCUT2D eigenvalue weighted by molar-refractivity contribution is 0.743. The van der Waals surface area contributed by atoms with Gasteiger partial charge in [0.1, 0.15) is 5.82 Å². The number of anilines is 1. The minimum absolute atomic E-state index is 0.657. The molecular formula is C8H13N3S. The average Bonchev–Trinajstić information content (AvgIpc) is 2.21. The zero-order valence-electron chi connectivity index (χ0n) is 7.37. The van der Waals surface area contributed by atoms with Crippen LogP contribution in [0.2, 0.25) is 0 Å². The molecule has 1 aliphatic heterocycles. The quantitative estimate of drug-likeness (QED) is 0.748. The molecule has 1 aromatic rings. The van der Waals surface area contributed by atoms with Gasteiger partial charge in [-0.1, -0.05) is 0 Å². The first-order valence-electron chi connectivity index (χ1n) is 4.10. The SMILES string of the molecule is Cc1cc(NC2CSC2)n(C)n1. The van der Waals surface area contributed by atoms with Gasteiger partial charge >= 0.3 is 0 Å². The normalized spacial score (nSPS) is 17.5. The number of hydrogen-bond acceptors (Lipinski definition) is 3. The van der Waals surface area contributed by atoms with E-state index < -0.39 is 0 Å². The first-order valence-corrected chi connectivity index (χ1v) is 5.26. The van der Waals surface area contributed by atoms with Crippen molar-refractivity contribution < 1.29 is 0 Å². The van der Waals surface area contributed by atoms with Crippen molar-refractivity contribution in [1.82, 2.24) is 9.78 Å². The van der Waals surface area contributed by atoms with Gasteiger partial charge in [0.2, 0.25) is 0 Å². The Morgan fingerprint density at radius 3 is 2.83 bits per heavy atom. The highest BCUT2D eigenvalue weighted by molar-refractivity contribution is 8.00. The zero-order valence-corrected chi connectivity index (χ0v) is 8.19. The highest BCUT2D eigenvalue weighted by atomic mass is 32.2. The van der Waals surface area contributed by atoms with E-state index >= 15 is 0 Å². The maximum Gasteiger partial charge on any atom is 0.124 e. The summed E-state index contributed by atoms with van der Waals surface area (Å²) in [4.78, 5) is 0. The molecule has 66 valence electrons. The van der Waals surface area contributed by atoms with Crippen molar-refractivity contribution in [3.05, 3.63) is 11.8 Å². The number of aromatic nitrogens is 2. The van der Waals surface area contributed by atoms with Gasteiger partial charge in [-0.25, -0.2) is 0 Å². The number of aryl methyl sites for hydroxylation is 2. The maximum atomic E-state index is 4.27. The monoisotopic (exact) mass is 183 g/mol. The fourth-order valence-corrected chi connectivity index (χ4v) is 1.91. The van der Waals surface area contributed by atoms with Gasteiger partial charge in [-0.15, -0.1) is 0 Å². The van der Waals surface area contributed by atoms with Gasteiger partial charge in [0.15, 0.2) is 0 Å². The third kappa shape index (κ3) is 1.43. The molecule has 0 bridgehead atoms. The molecule has 0 aliphatic carbocycles. The molecule has 12 heavy (non-hydrogen) atoms. The van der Waals surface area contributed by atoms with Crippen molar-refractivity contribution in [2.75, 3.05) is 16.8 Å². The molecule has 0 atom stereocenters. The van der Waals surface area contributed by atoms with Crippen LogP contribution in [0.25, 0.3) is 0 Å². The Bertz CT molecular complexity index is 278. The fraction of sp³-hybridized carbons (Fsp3) is 0.625. The molecule has 0 radical (unpaired) electrons. The maximum absolute atomic E-state index is 4.27. The van der Waals surface area contributed by atoms with E-state index in [0.29, 0.717) is 6.04 Å². The van der Waals surface area contributed by atoms with Gasteiger partial charge in [-0.2, -0.15) is 16.9 Å². The van der Waals surface area contributed by atoms with Crippen LogP contribution in [-0.4, -0.2) is 27.3 Å². The molecule has 0 spiro atoms. The predicted molar refractivity (Wildman–Crippen MR) is 52.7 cm³/mol. The van der Waals surface area contributed by atoms with Crippen molar-refractivity contribution in [3.8, 4) is 0 Å². The van der Waals surface area contributed by atoms with Crippen molar-refractivity contribution in [2.24, 2.45) is 7.05 Å². The van der Waals surface area contributed by atoms with Crippen molar-refractivity contribution >= 4 is 17.6 Å². The van der Waals surface area contributed by atoms with Crippen LogP contribution in [-0.2, 0) is 7.05 Å². The van der Waals surface area contributed by atoms with Crippen molar-refractivity contribution in [3.63, 3.8) is 0 Å². The lowest BCUT2D eigenvalue weighted by Crippen LogP contribution is -2.33. The van der Waals surface area contributed by atoms with E-state index in [1.165, 1.54) is 11.5 Å². The third-order valence-corrected chi connectivity index (χ3v) is 3.27. The number of rotatable bonds is 2. The van der Waals surface area contributed by atoms with Crippen LogP contribution in [0.1, 0.15) is 5.69 Å². The first kappa shape index (κ1) is 7.98. The largest absolute Gasteiger partial charge is 0.366 e. The van der Waals surface area contributed by atoms with Crippen LogP contribution in [0.15, 0.2) is 6.07 Å². The molecule has 4 heteroatoms. The van der Waals surface area contributed by atoms with Gasteiger partial charge in [0, 0.05) is 30.7 Å². The van der Waals surface area contributed by atoms with E-state index in [0.717, 1.165) is 11.5 Å². The summed E-state index contributed by atoms with van der Waals surface area (Å²) in [6, 6.07) is 2.74. The Morgan fingerprint density at radius 1 is 1.67 bits per heavy atom. The van der Waals surface area contributed by atoms with Crippen LogP contribution in [0.4, 0.5) is 5.82 Å². The molecule has 0 aromatic carbocycles. The van der Waals surface area contributed by atoms with Gasteiger partial charge < -0.3 is 5.32 Å². The van der Waals surface area contributed by atoms with E-state index in [2.05, 4.69) is 16.5 Å². The second-order valence-electron chi connectivity index (χ2n) is 3.17. The average molecular weight is 183 g/mol. The molecular weight excluding hydrogens is 170 g/mol. The zero-order chi connectivity index (χ0) is 8.55. The topological polar surface area (TPSA) is 29.9 Å². The van der Waals surface area contributed by atoms with Crippen LogP contribution in [0.5, 0.6) is 0 Å². The van der Waals surface area contributed by atoms with Crippen LogP contribution >= 0.6 is 11.8 Å². The minimum atomic E-state index is 0.657. The fourth-order valence-electron chi connectivity index (χ4n) is 1.27. The Morgan fingerprint density at radius 2 is 2.42 bits per heavy atom. The highest BCUT2D eigenvalue weighted by Gasteiger charge is 2.18. The molecule has 2 heterocycles. The molecule has 1 fully saturated rings. The smallest absolute Gasteiger partial charge is 0.124 e. The summed E-state index contributed by atoms with van der Waals surface area (Å²) in [5, 5.41) is 7.72. The van der Waals surface area contributed by atoms with E-state index in [9.17, 15) is 0 Å². The Kier molecular flexibility index (Phi) is 2.00. The van der Waals surface area contributed by atoms with Crippen LogP contribution in [0.3, 0.4) is 0 Å². The molecule has 1 saturated heterocycles. The predicted octanol–water partition coefficient (Wildman–Crippen LogP) is 1.26. The number of hydrogen-bond donors (Lipinski definition) is 1. The summed E-state index contributed by atoms with van der Waals surface area (Å²) >= 11 is 1.98. The summed E-state index contributed by atoms with van der Waals surface area (Å²) < 4.78 is 1.90. The summed E-state index contributed by atoms with van der Waals surface area (Å²) in [6.45, 7) is 2.01. The molecule has 0 amide bonds. The molecule has 2 rings (SSSR count). The van der Waals surface area contributed by atoms with Crippen LogP contribution < -0.4 is 5.32 Å². The highest BCUT2D eigenvalue weighted by Crippen LogP contribution is 2.21. The van der Waals surface area contributed by atoms with E-state index in [-0.39, 0.29) is 0 Å². The molecule has 1 aliphatic rings. The molecule has 1 aromatic heterocycles. The Labute approximate surface area is 76.5 Å². The Balaban J connectivity index is 2.05. The molecule has 0 unspecified atom stereocenters. The van der Waals surface area contributed by atoms with E-state index in [1.54, 1.807) is 0 Å². The second-order valence-corrected chi connectivity index (χ2v) is 4.25. The minimum Gasteiger partial charge on any atom is -0.366 e. The number of thioether (sulfide) groups is 1. The lowest BCUT2D eigenvalue weighted by Gasteiger charge is -2.26. The molecule has 3 nitrogen and oxygen atoms in total. The van der Waals surface area contributed by atoms with E-state index in [4.69, 9.17) is 0 Å². The van der Waals surface area contributed by atoms with Crippen molar-refractivity contribution in [1.29, 1.82) is 0 Å². The van der Waals surface area contributed by atoms with E-state index in [1.807, 2.05) is 30.4 Å². The summed E-state index contributed by atoms with van der Waals surface area (Å²) in [5.41, 5.74) is 1.08. The second kappa shape index (κ2) is 3.01. The third-order valence-electron chi connectivity index (χ3n) is 1.99. The van der Waals surface area contributed by atoms with Gasteiger partial charge in [-0.3, -0.25) is 4.68 Å². The Hall–Kier alpha value is -0.640. The van der Waals surface area contributed by atoms with Gasteiger partial charge in [-0.05, 0) is 6.92 Å². The standard InChI is InChI=1S/C8H13N3S/c1-6-3-8(11(2)10-6)9-7-4-12-5-7/h3,7,9H,4-5H2,1-2H3. The molecule has 1 N–H and O–H groups in total. The summed E-state index contributed by atoms with van der Waals surface area (Å²) in [7, 11) is 1.97. The first-order chi connectivity index (χ1) is 5.75. The number of nitrogens with one attached hydrogen (secondary N) is 1. The van der Waals surface area contributed by atoms with Crippen LogP contribution in [0, 0.1) is 6.92 Å². The molecule has 0 saturated carbocycles. The number of nitrogens with zero attached hydrogens (tertiary/aromatic N) is 2. The van der Waals surface area contributed by atoms with Gasteiger partial charge in [0.25, 0.3) is 0 Å². The summed E-state index contributed by atoms with van der Waals surface area (Å²) in [5.74, 6) is 3.59.